The van der Waals surface area contributed by atoms with Gasteiger partial charge in [0.05, 0.1) is 17.4 Å². The van der Waals surface area contributed by atoms with Crippen molar-refractivity contribution in [2.45, 2.75) is 59.2 Å². The molecule has 0 radical (unpaired) electrons. The van der Waals surface area contributed by atoms with Crippen LogP contribution in [0.2, 0.25) is 0 Å². The van der Waals surface area contributed by atoms with Crippen LogP contribution in [0.1, 0.15) is 62.5 Å². The smallest absolute Gasteiger partial charge is 0.350 e. The number of fused-ring (bicyclic) bond motifs is 3. The first-order valence-corrected chi connectivity index (χ1v) is 12.5. The van der Waals surface area contributed by atoms with Crippen molar-refractivity contribution in [1.29, 1.82) is 0 Å². The number of hydrogen-bond donors (Lipinski definition) is 1. The molecule has 192 valence electrons. The highest BCUT2D eigenvalue weighted by molar-refractivity contribution is 5.98. The van der Waals surface area contributed by atoms with Gasteiger partial charge in [-0.05, 0) is 70.0 Å². The second kappa shape index (κ2) is 9.34. The molecule has 1 N–H and O–H groups in total. The van der Waals surface area contributed by atoms with Crippen molar-refractivity contribution in [3.05, 3.63) is 74.4 Å². The van der Waals surface area contributed by atoms with Gasteiger partial charge >= 0.3 is 5.69 Å². The van der Waals surface area contributed by atoms with E-state index in [0.717, 1.165) is 17.7 Å². The Labute approximate surface area is 213 Å². The normalized spacial score (nSPS) is 14.0. The minimum Gasteiger partial charge on any atom is -0.350 e. The predicted octanol–water partition coefficient (Wildman–Crippen LogP) is 2.71. The quantitative estimate of drug-likeness (QED) is 0.436. The van der Waals surface area contributed by atoms with Crippen molar-refractivity contribution < 1.29 is 9.59 Å². The molecule has 2 amide bonds. The standard InChI is InChI=1S/C27H30N6O4/c1-16(2)28-24(35)19-9-12-21-22(14-19)33-26(32(17(3)4)25(21)36)29-31(27(33)37)15-18-7-10-20(11-8-18)30-13-5-6-23(30)34/h7-12,14,16-17H,5-6,13,15H2,1-4H3,(H,28,35). The van der Waals surface area contributed by atoms with Crippen molar-refractivity contribution in [3.8, 4) is 0 Å². The van der Waals surface area contributed by atoms with E-state index < -0.39 is 5.69 Å². The summed E-state index contributed by atoms with van der Waals surface area (Å²) in [5, 5.41) is 7.72. The highest BCUT2D eigenvalue weighted by atomic mass is 16.2. The molecular weight excluding hydrogens is 472 g/mol. The number of carbonyl (C=O) groups excluding carboxylic acids is 2. The second-order valence-corrected chi connectivity index (χ2v) is 10.0. The Hall–Kier alpha value is -4.21. The van der Waals surface area contributed by atoms with Gasteiger partial charge in [0.15, 0.2) is 0 Å². The van der Waals surface area contributed by atoms with E-state index in [0.29, 0.717) is 29.4 Å². The summed E-state index contributed by atoms with van der Waals surface area (Å²) >= 11 is 0. The molecule has 1 saturated heterocycles. The Bertz CT molecular complexity index is 1640. The molecule has 3 heterocycles. The van der Waals surface area contributed by atoms with Gasteiger partial charge in [-0.1, -0.05) is 12.1 Å². The maximum atomic E-state index is 13.6. The molecule has 2 aromatic carbocycles. The van der Waals surface area contributed by atoms with Crippen molar-refractivity contribution in [2.75, 3.05) is 11.4 Å². The molecule has 1 aliphatic heterocycles. The lowest BCUT2D eigenvalue weighted by Gasteiger charge is -2.15. The van der Waals surface area contributed by atoms with Crippen molar-refractivity contribution >= 4 is 34.2 Å². The molecule has 0 saturated carbocycles. The molecule has 4 aromatic rings. The largest absolute Gasteiger partial charge is 0.352 e. The number of nitrogens with zero attached hydrogens (tertiary/aromatic N) is 5. The lowest BCUT2D eigenvalue weighted by molar-refractivity contribution is -0.117. The average molecular weight is 503 g/mol. The summed E-state index contributed by atoms with van der Waals surface area (Å²) in [6.45, 7) is 8.35. The monoisotopic (exact) mass is 502 g/mol. The number of carbonyl (C=O) groups is 2. The molecule has 37 heavy (non-hydrogen) atoms. The minimum atomic E-state index is -0.408. The van der Waals surface area contributed by atoms with Crippen LogP contribution < -0.4 is 21.5 Å². The molecule has 5 rings (SSSR count). The molecule has 0 spiro atoms. The van der Waals surface area contributed by atoms with Crippen LogP contribution in [0.15, 0.2) is 52.1 Å². The fourth-order valence-corrected chi connectivity index (χ4v) is 4.81. The van der Waals surface area contributed by atoms with Gasteiger partial charge in [0.2, 0.25) is 11.7 Å². The highest BCUT2D eigenvalue weighted by Gasteiger charge is 2.22. The summed E-state index contributed by atoms with van der Waals surface area (Å²) in [5.74, 6) is 0.0533. The number of rotatable bonds is 6. The van der Waals surface area contributed by atoms with Gasteiger partial charge in [0.1, 0.15) is 0 Å². The van der Waals surface area contributed by atoms with E-state index in [-0.39, 0.29) is 41.8 Å². The summed E-state index contributed by atoms with van der Waals surface area (Å²) < 4.78 is 4.22. The summed E-state index contributed by atoms with van der Waals surface area (Å²) in [5.41, 5.74) is 1.68. The molecule has 10 nitrogen and oxygen atoms in total. The van der Waals surface area contributed by atoms with Gasteiger partial charge in [-0.25, -0.2) is 13.9 Å². The lowest BCUT2D eigenvalue weighted by atomic mass is 10.1. The van der Waals surface area contributed by atoms with Crippen LogP contribution in [0.25, 0.3) is 16.7 Å². The van der Waals surface area contributed by atoms with E-state index in [4.69, 9.17) is 0 Å². The maximum absolute atomic E-state index is 13.6. The average Bonchev–Trinajstić information content (AvgIpc) is 3.41. The topological polar surface area (TPSA) is 111 Å². The fraction of sp³-hybridized carbons (Fsp3) is 0.370. The number of anilines is 1. The number of amides is 2. The van der Waals surface area contributed by atoms with Crippen molar-refractivity contribution in [2.24, 2.45) is 0 Å². The summed E-state index contributed by atoms with van der Waals surface area (Å²) in [6.07, 6.45) is 1.41. The van der Waals surface area contributed by atoms with Gasteiger partial charge in [-0.2, -0.15) is 0 Å². The molecule has 1 aliphatic rings. The van der Waals surface area contributed by atoms with Crippen LogP contribution in [-0.2, 0) is 11.3 Å². The molecule has 2 aromatic heterocycles. The van der Waals surface area contributed by atoms with Gasteiger partial charge in [0, 0.05) is 36.3 Å². The molecule has 0 bridgehead atoms. The second-order valence-electron chi connectivity index (χ2n) is 10.0. The molecule has 0 unspecified atom stereocenters. The lowest BCUT2D eigenvalue weighted by Crippen LogP contribution is -2.31. The highest BCUT2D eigenvalue weighted by Crippen LogP contribution is 2.22. The first-order valence-electron chi connectivity index (χ1n) is 12.5. The zero-order valence-electron chi connectivity index (χ0n) is 21.4. The summed E-state index contributed by atoms with van der Waals surface area (Å²) in [4.78, 5) is 53.4. The van der Waals surface area contributed by atoms with Crippen LogP contribution in [0.4, 0.5) is 5.69 Å². The van der Waals surface area contributed by atoms with E-state index in [2.05, 4.69) is 10.4 Å². The maximum Gasteiger partial charge on any atom is 0.352 e. The molecule has 0 aliphatic carbocycles. The Morgan fingerprint density at radius 1 is 1.03 bits per heavy atom. The minimum absolute atomic E-state index is 0.0578. The third-order valence-corrected chi connectivity index (χ3v) is 6.58. The van der Waals surface area contributed by atoms with Crippen LogP contribution in [-0.4, -0.2) is 43.1 Å². The molecule has 0 atom stereocenters. The Morgan fingerprint density at radius 3 is 2.38 bits per heavy atom. The van der Waals surface area contributed by atoms with Crippen LogP contribution in [0.5, 0.6) is 0 Å². The van der Waals surface area contributed by atoms with Gasteiger partial charge < -0.3 is 10.2 Å². The number of hydrogen-bond acceptors (Lipinski definition) is 5. The Kier molecular flexibility index (Phi) is 6.18. The van der Waals surface area contributed by atoms with Crippen LogP contribution in [0, 0.1) is 0 Å². The third kappa shape index (κ3) is 4.32. The number of benzene rings is 2. The van der Waals surface area contributed by atoms with Crippen LogP contribution >= 0.6 is 0 Å². The number of nitrogens with one attached hydrogen (secondary N) is 1. The van der Waals surface area contributed by atoms with E-state index in [1.165, 1.54) is 13.6 Å². The predicted molar refractivity (Wildman–Crippen MR) is 141 cm³/mol. The van der Waals surface area contributed by atoms with Gasteiger partial charge in [0.25, 0.3) is 11.5 Å². The van der Waals surface area contributed by atoms with E-state index >= 15 is 0 Å². The Morgan fingerprint density at radius 2 is 1.76 bits per heavy atom. The van der Waals surface area contributed by atoms with E-state index in [1.54, 1.807) is 23.1 Å². The first kappa shape index (κ1) is 24.5. The van der Waals surface area contributed by atoms with Crippen molar-refractivity contribution in [1.82, 2.24) is 24.1 Å². The van der Waals surface area contributed by atoms with Crippen LogP contribution in [0.3, 0.4) is 0 Å². The van der Waals surface area contributed by atoms with Crippen molar-refractivity contribution in [3.63, 3.8) is 0 Å². The van der Waals surface area contributed by atoms with Gasteiger partial charge in [-0.3, -0.25) is 19.0 Å². The Balaban J connectivity index is 1.62. The third-order valence-electron chi connectivity index (χ3n) is 6.58. The fourth-order valence-electron chi connectivity index (χ4n) is 4.81. The number of aromatic nitrogens is 4. The first-order chi connectivity index (χ1) is 17.7. The summed E-state index contributed by atoms with van der Waals surface area (Å²) in [6, 6.07) is 12.0. The van der Waals surface area contributed by atoms with E-state index in [1.807, 2.05) is 52.0 Å². The summed E-state index contributed by atoms with van der Waals surface area (Å²) in [7, 11) is 0. The molecule has 1 fully saturated rings. The SMILES string of the molecule is CC(C)NC(=O)c1ccc2c(=O)n(C(C)C)c3nn(Cc4ccc(N5CCCC5=O)cc4)c(=O)n3c2c1. The van der Waals surface area contributed by atoms with E-state index in [9.17, 15) is 19.2 Å². The van der Waals surface area contributed by atoms with Gasteiger partial charge in [-0.15, -0.1) is 5.10 Å². The zero-order valence-corrected chi connectivity index (χ0v) is 21.4. The zero-order chi connectivity index (χ0) is 26.4. The molecule has 10 heteroatoms. The molecular formula is C27H30N6O4.